The smallest absolute Gasteiger partial charge is 0.330 e. The Labute approximate surface area is 140 Å². The molecule has 0 spiro atoms. The van der Waals surface area contributed by atoms with Crippen LogP contribution in [0.3, 0.4) is 0 Å². The van der Waals surface area contributed by atoms with E-state index >= 15 is 0 Å². The van der Waals surface area contributed by atoms with Gasteiger partial charge in [0, 0.05) is 5.92 Å². The van der Waals surface area contributed by atoms with Gasteiger partial charge in [-0.2, -0.15) is 0 Å². The molecule has 5 nitrogen and oxygen atoms in total. The van der Waals surface area contributed by atoms with Gasteiger partial charge in [-0.05, 0) is 31.0 Å². The maximum absolute atomic E-state index is 12.1. The van der Waals surface area contributed by atoms with E-state index in [1.807, 2.05) is 49.4 Å². The summed E-state index contributed by atoms with van der Waals surface area (Å²) in [6.07, 6.45) is 0.391. The van der Waals surface area contributed by atoms with E-state index in [0.29, 0.717) is 12.2 Å². The lowest BCUT2D eigenvalue weighted by Gasteiger charge is -2.15. The fourth-order valence-electron chi connectivity index (χ4n) is 2.85. The summed E-state index contributed by atoms with van der Waals surface area (Å²) in [6.45, 7) is 1.75. The summed E-state index contributed by atoms with van der Waals surface area (Å²) >= 11 is 0. The summed E-state index contributed by atoms with van der Waals surface area (Å²) in [5, 5.41) is 12.2. The van der Waals surface area contributed by atoms with Crippen molar-refractivity contribution in [3.05, 3.63) is 65.7 Å². The third-order valence-corrected chi connectivity index (χ3v) is 4.30. The van der Waals surface area contributed by atoms with Crippen LogP contribution in [0.25, 0.3) is 0 Å². The molecule has 2 aromatic carbocycles. The highest BCUT2D eigenvalue weighted by atomic mass is 16.5. The minimum atomic E-state index is -1.23. The third kappa shape index (κ3) is 3.25. The van der Waals surface area contributed by atoms with Gasteiger partial charge in [-0.25, -0.2) is 4.79 Å². The lowest BCUT2D eigenvalue weighted by Crippen LogP contribution is -2.46. The van der Waals surface area contributed by atoms with E-state index in [1.54, 1.807) is 12.1 Å². The monoisotopic (exact) mass is 325 g/mol. The molecule has 0 aromatic heterocycles. The number of aliphatic carboxylic acids is 1. The predicted molar refractivity (Wildman–Crippen MR) is 89.0 cm³/mol. The summed E-state index contributed by atoms with van der Waals surface area (Å²) in [5.74, 6) is -1.08. The van der Waals surface area contributed by atoms with Crippen molar-refractivity contribution in [3.63, 3.8) is 0 Å². The van der Waals surface area contributed by atoms with Crippen LogP contribution in [0.15, 0.2) is 54.6 Å². The molecule has 2 N–H and O–H groups in total. The molecule has 0 radical (unpaired) electrons. The van der Waals surface area contributed by atoms with Crippen LogP contribution in [0.5, 0.6) is 5.75 Å². The van der Waals surface area contributed by atoms with E-state index < -0.39 is 17.4 Å². The van der Waals surface area contributed by atoms with Gasteiger partial charge in [-0.3, -0.25) is 4.79 Å². The topological polar surface area (TPSA) is 75.6 Å². The Bertz CT molecular complexity index is 742. The summed E-state index contributed by atoms with van der Waals surface area (Å²) in [7, 11) is 0. The number of benzene rings is 2. The molecular weight excluding hydrogens is 306 g/mol. The van der Waals surface area contributed by atoms with Crippen LogP contribution in [0.4, 0.5) is 0 Å². The number of nitrogens with one attached hydrogen (secondary N) is 1. The molecule has 124 valence electrons. The van der Waals surface area contributed by atoms with Crippen LogP contribution in [0.2, 0.25) is 0 Å². The van der Waals surface area contributed by atoms with Crippen LogP contribution in [0, 0.1) is 6.92 Å². The molecule has 2 aromatic rings. The Balaban J connectivity index is 1.61. The van der Waals surface area contributed by atoms with E-state index in [0.717, 1.165) is 11.1 Å². The number of carboxylic acids is 1. The van der Waals surface area contributed by atoms with Gasteiger partial charge in [0.15, 0.2) is 6.61 Å². The molecule has 1 amide bonds. The summed E-state index contributed by atoms with van der Waals surface area (Å²) in [6, 6.07) is 16.7. The van der Waals surface area contributed by atoms with Gasteiger partial charge in [0.1, 0.15) is 11.3 Å². The number of amides is 1. The average molecular weight is 325 g/mol. The molecule has 24 heavy (non-hydrogen) atoms. The Morgan fingerprint density at radius 3 is 2.46 bits per heavy atom. The number of carbonyl (C=O) groups excluding carboxylic acids is 1. The van der Waals surface area contributed by atoms with Gasteiger partial charge in [0.2, 0.25) is 0 Å². The second kappa shape index (κ2) is 6.35. The molecule has 0 aliphatic heterocycles. The largest absolute Gasteiger partial charge is 0.484 e. The van der Waals surface area contributed by atoms with Crippen molar-refractivity contribution in [3.8, 4) is 5.75 Å². The molecule has 1 aliphatic rings. The van der Waals surface area contributed by atoms with Crippen LogP contribution in [-0.2, 0) is 9.59 Å². The van der Waals surface area contributed by atoms with Crippen molar-refractivity contribution >= 4 is 11.9 Å². The molecule has 3 rings (SSSR count). The van der Waals surface area contributed by atoms with E-state index in [4.69, 9.17) is 4.74 Å². The molecule has 0 bridgehead atoms. The minimum Gasteiger partial charge on any atom is -0.484 e. The molecule has 2 unspecified atom stereocenters. The first-order valence-corrected chi connectivity index (χ1v) is 7.80. The van der Waals surface area contributed by atoms with Crippen LogP contribution in [0.1, 0.15) is 23.5 Å². The molecule has 2 atom stereocenters. The van der Waals surface area contributed by atoms with Gasteiger partial charge in [0.25, 0.3) is 5.91 Å². The zero-order chi connectivity index (χ0) is 17.2. The molecule has 1 saturated carbocycles. The highest BCUT2D eigenvalue weighted by Gasteiger charge is 2.62. The maximum atomic E-state index is 12.1. The minimum absolute atomic E-state index is 0.209. The zero-order valence-electron chi connectivity index (χ0n) is 13.4. The zero-order valence-corrected chi connectivity index (χ0v) is 13.4. The normalized spacial score (nSPS) is 21.8. The Hall–Kier alpha value is -2.82. The molecule has 5 heteroatoms. The lowest BCUT2D eigenvalue weighted by molar-refractivity contribution is -0.143. The Kier molecular flexibility index (Phi) is 4.25. The average Bonchev–Trinajstić information content (AvgIpc) is 3.31. The van der Waals surface area contributed by atoms with Gasteiger partial charge in [0.05, 0.1) is 0 Å². The van der Waals surface area contributed by atoms with Gasteiger partial charge < -0.3 is 15.2 Å². The maximum Gasteiger partial charge on any atom is 0.330 e. The number of ether oxygens (including phenoxy) is 1. The number of hydrogen-bond acceptors (Lipinski definition) is 3. The number of rotatable bonds is 6. The molecule has 1 aliphatic carbocycles. The van der Waals surface area contributed by atoms with Crippen LogP contribution < -0.4 is 10.1 Å². The van der Waals surface area contributed by atoms with Gasteiger partial charge in [-0.15, -0.1) is 0 Å². The second-order valence-corrected chi connectivity index (χ2v) is 6.09. The SMILES string of the molecule is Cc1ccc(OCC(=O)NC2(C(=O)O)CC2c2ccccc2)cc1. The van der Waals surface area contributed by atoms with Crippen LogP contribution in [-0.4, -0.2) is 29.1 Å². The van der Waals surface area contributed by atoms with Gasteiger partial charge >= 0.3 is 5.97 Å². The lowest BCUT2D eigenvalue weighted by atomic mass is 10.1. The highest BCUT2D eigenvalue weighted by Crippen LogP contribution is 2.51. The number of aryl methyl sites for hydroxylation is 1. The fourth-order valence-corrected chi connectivity index (χ4v) is 2.85. The highest BCUT2D eigenvalue weighted by molar-refractivity contribution is 5.92. The summed E-state index contributed by atoms with van der Waals surface area (Å²) in [5.41, 5.74) is 0.787. The van der Waals surface area contributed by atoms with Crippen molar-refractivity contribution in [1.29, 1.82) is 0 Å². The first-order chi connectivity index (χ1) is 11.5. The summed E-state index contributed by atoms with van der Waals surface area (Å²) in [4.78, 5) is 23.8. The predicted octanol–water partition coefficient (Wildman–Crippen LogP) is 2.50. The Morgan fingerprint density at radius 2 is 1.83 bits per heavy atom. The molecule has 0 heterocycles. The first-order valence-electron chi connectivity index (χ1n) is 7.80. The quantitative estimate of drug-likeness (QED) is 0.855. The summed E-state index contributed by atoms with van der Waals surface area (Å²) < 4.78 is 5.41. The van der Waals surface area contributed by atoms with Crippen molar-refractivity contribution < 1.29 is 19.4 Å². The number of carbonyl (C=O) groups is 2. The second-order valence-electron chi connectivity index (χ2n) is 6.09. The molecule has 1 fully saturated rings. The number of hydrogen-bond donors (Lipinski definition) is 2. The van der Waals surface area contributed by atoms with Crippen molar-refractivity contribution in [1.82, 2.24) is 5.32 Å². The standard InChI is InChI=1S/C19H19NO4/c1-13-7-9-15(10-8-13)24-12-17(21)20-19(18(22)23)11-16(19)14-5-3-2-4-6-14/h2-10,16H,11-12H2,1H3,(H,20,21)(H,22,23). The van der Waals surface area contributed by atoms with Crippen molar-refractivity contribution in [2.75, 3.05) is 6.61 Å². The molecule has 0 saturated heterocycles. The van der Waals surface area contributed by atoms with Gasteiger partial charge in [-0.1, -0.05) is 48.0 Å². The van der Waals surface area contributed by atoms with Crippen LogP contribution >= 0.6 is 0 Å². The van der Waals surface area contributed by atoms with E-state index in [2.05, 4.69) is 5.32 Å². The first kappa shape index (κ1) is 16.1. The molecular formula is C19H19NO4. The Morgan fingerprint density at radius 1 is 1.17 bits per heavy atom. The van der Waals surface area contributed by atoms with E-state index in [1.165, 1.54) is 0 Å². The van der Waals surface area contributed by atoms with E-state index in [-0.39, 0.29) is 12.5 Å². The van der Waals surface area contributed by atoms with E-state index in [9.17, 15) is 14.7 Å². The fraction of sp³-hybridized carbons (Fsp3) is 0.263. The number of carboxylic acid groups (broad SMARTS) is 1. The third-order valence-electron chi connectivity index (χ3n) is 4.30. The van der Waals surface area contributed by atoms with Crippen molar-refractivity contribution in [2.45, 2.75) is 24.8 Å². The van der Waals surface area contributed by atoms with Crippen molar-refractivity contribution in [2.24, 2.45) is 0 Å².